The smallest absolute Gasteiger partial charge is 0.181 e. The van der Waals surface area contributed by atoms with E-state index >= 15 is 0 Å². The first-order valence-electron chi connectivity index (χ1n) is 6.24. The highest BCUT2D eigenvalue weighted by atomic mass is 19.1. The van der Waals surface area contributed by atoms with Gasteiger partial charge in [0.2, 0.25) is 0 Å². The quantitative estimate of drug-likeness (QED) is 0.767. The zero-order valence-electron chi connectivity index (χ0n) is 10.7. The summed E-state index contributed by atoms with van der Waals surface area (Å²) in [5.74, 6) is 0.942. The Kier molecular flexibility index (Phi) is 3.26. The molecule has 3 N–H and O–H groups in total. The third-order valence-electron chi connectivity index (χ3n) is 3.05. The van der Waals surface area contributed by atoms with Crippen molar-refractivity contribution in [1.29, 1.82) is 0 Å². The molecule has 3 rings (SSSR count). The number of nitrogens with zero attached hydrogens (tertiary/aromatic N) is 2. The molecule has 3 aromatic rings. The first-order valence-corrected chi connectivity index (χ1v) is 6.24. The van der Waals surface area contributed by atoms with Crippen molar-refractivity contribution in [3.63, 3.8) is 0 Å². The molecule has 0 radical (unpaired) electrons. The fourth-order valence-electron chi connectivity index (χ4n) is 1.92. The number of aromatic amines is 1. The van der Waals surface area contributed by atoms with Crippen LogP contribution in [-0.2, 0) is 6.54 Å². The number of nitrogens with one attached hydrogen (secondary N) is 1. The van der Waals surface area contributed by atoms with Gasteiger partial charge in [0.1, 0.15) is 5.82 Å². The van der Waals surface area contributed by atoms with Gasteiger partial charge in [-0.2, -0.15) is 5.10 Å². The lowest BCUT2D eigenvalue weighted by Gasteiger charge is -1.98. The number of halogens is 1. The van der Waals surface area contributed by atoms with Crippen LogP contribution in [0.15, 0.2) is 48.5 Å². The summed E-state index contributed by atoms with van der Waals surface area (Å²) in [6.45, 7) is 0.511. The van der Waals surface area contributed by atoms with E-state index in [1.165, 1.54) is 12.1 Å². The molecule has 0 bridgehead atoms. The first kappa shape index (κ1) is 12.5. The lowest BCUT2D eigenvalue weighted by atomic mass is 10.1. The van der Waals surface area contributed by atoms with Gasteiger partial charge in [0.05, 0.1) is 0 Å². The average Bonchev–Trinajstić information content (AvgIpc) is 2.98. The fraction of sp³-hybridized carbons (Fsp3) is 0.0667. The van der Waals surface area contributed by atoms with Crippen molar-refractivity contribution >= 4 is 0 Å². The minimum absolute atomic E-state index is 0.276. The maximum absolute atomic E-state index is 12.9. The molecular formula is C15H13FN4. The molecule has 5 heteroatoms. The Morgan fingerprint density at radius 3 is 2.25 bits per heavy atom. The molecule has 0 aliphatic carbocycles. The Hall–Kier alpha value is -2.53. The predicted molar refractivity (Wildman–Crippen MR) is 75.1 cm³/mol. The van der Waals surface area contributed by atoms with Crippen molar-refractivity contribution in [2.45, 2.75) is 6.54 Å². The summed E-state index contributed by atoms with van der Waals surface area (Å²) in [5.41, 5.74) is 8.33. The van der Waals surface area contributed by atoms with Crippen LogP contribution in [0, 0.1) is 5.82 Å². The van der Waals surface area contributed by atoms with Crippen LogP contribution in [-0.4, -0.2) is 15.2 Å². The summed E-state index contributed by atoms with van der Waals surface area (Å²) < 4.78 is 12.9. The zero-order chi connectivity index (χ0) is 13.9. The summed E-state index contributed by atoms with van der Waals surface area (Å²) in [5, 5.41) is 7.04. The molecule has 4 nitrogen and oxygen atoms in total. The minimum Gasteiger partial charge on any atom is -0.326 e. The Bertz CT molecular complexity index is 701. The van der Waals surface area contributed by atoms with Gasteiger partial charge in [-0.05, 0) is 29.8 Å². The molecule has 0 unspecified atom stereocenters. The Morgan fingerprint density at radius 1 is 0.950 bits per heavy atom. The van der Waals surface area contributed by atoms with Crippen LogP contribution in [0.25, 0.3) is 22.8 Å². The maximum atomic E-state index is 12.9. The first-order chi connectivity index (χ1) is 9.76. The van der Waals surface area contributed by atoms with Crippen LogP contribution in [0.1, 0.15) is 5.56 Å². The van der Waals surface area contributed by atoms with Gasteiger partial charge in [-0.3, -0.25) is 5.10 Å². The standard InChI is InChI=1S/C15H13FN4/c16-13-7-5-12(6-8-13)15-18-14(19-20-15)11-3-1-10(9-17)2-4-11/h1-8H,9,17H2,(H,18,19,20). The molecule has 0 saturated heterocycles. The van der Waals surface area contributed by atoms with Crippen molar-refractivity contribution in [3.8, 4) is 22.8 Å². The lowest BCUT2D eigenvalue weighted by Crippen LogP contribution is -1.95. The van der Waals surface area contributed by atoms with Crippen LogP contribution in [0.5, 0.6) is 0 Å². The highest BCUT2D eigenvalue weighted by molar-refractivity contribution is 5.61. The normalized spacial score (nSPS) is 10.7. The number of hydrogen-bond acceptors (Lipinski definition) is 3. The molecular weight excluding hydrogens is 255 g/mol. The second kappa shape index (κ2) is 5.22. The molecule has 1 heterocycles. The van der Waals surface area contributed by atoms with E-state index in [9.17, 15) is 4.39 Å². The molecule has 0 amide bonds. The van der Waals surface area contributed by atoms with Gasteiger partial charge in [-0.1, -0.05) is 24.3 Å². The Labute approximate surface area is 115 Å². The molecule has 0 aliphatic rings. The van der Waals surface area contributed by atoms with E-state index in [1.807, 2.05) is 24.3 Å². The zero-order valence-corrected chi connectivity index (χ0v) is 10.7. The molecule has 0 saturated carbocycles. The van der Waals surface area contributed by atoms with Crippen LogP contribution < -0.4 is 5.73 Å². The number of nitrogens with two attached hydrogens (primary N) is 1. The summed E-state index contributed by atoms with van der Waals surface area (Å²) in [6.07, 6.45) is 0. The Balaban J connectivity index is 1.91. The number of H-pyrrole nitrogens is 1. The largest absolute Gasteiger partial charge is 0.326 e. The van der Waals surface area contributed by atoms with Crippen molar-refractivity contribution in [3.05, 3.63) is 59.9 Å². The molecule has 20 heavy (non-hydrogen) atoms. The Morgan fingerprint density at radius 2 is 1.60 bits per heavy atom. The van der Waals surface area contributed by atoms with E-state index in [1.54, 1.807) is 12.1 Å². The van der Waals surface area contributed by atoms with E-state index in [4.69, 9.17) is 5.73 Å². The maximum Gasteiger partial charge on any atom is 0.181 e. The van der Waals surface area contributed by atoms with Crippen molar-refractivity contribution in [1.82, 2.24) is 15.2 Å². The van der Waals surface area contributed by atoms with Gasteiger partial charge in [0.25, 0.3) is 0 Å². The summed E-state index contributed by atoms with van der Waals surface area (Å²) in [7, 11) is 0. The summed E-state index contributed by atoms with van der Waals surface area (Å²) in [4.78, 5) is 4.42. The van der Waals surface area contributed by atoms with E-state index < -0.39 is 0 Å². The number of rotatable bonds is 3. The topological polar surface area (TPSA) is 67.6 Å². The molecule has 1 aromatic heterocycles. The second-order valence-corrected chi connectivity index (χ2v) is 4.42. The third kappa shape index (κ3) is 2.44. The SMILES string of the molecule is NCc1ccc(-c2nc(-c3ccc(F)cc3)n[nH]2)cc1. The molecule has 100 valence electrons. The van der Waals surface area contributed by atoms with Gasteiger partial charge in [0.15, 0.2) is 11.6 Å². The van der Waals surface area contributed by atoms with Gasteiger partial charge >= 0.3 is 0 Å². The highest BCUT2D eigenvalue weighted by Gasteiger charge is 2.07. The minimum atomic E-state index is -0.276. The van der Waals surface area contributed by atoms with Gasteiger partial charge in [0, 0.05) is 17.7 Å². The fourth-order valence-corrected chi connectivity index (χ4v) is 1.92. The third-order valence-corrected chi connectivity index (χ3v) is 3.05. The molecule has 0 spiro atoms. The number of hydrogen-bond donors (Lipinski definition) is 2. The monoisotopic (exact) mass is 268 g/mol. The van der Waals surface area contributed by atoms with Crippen molar-refractivity contribution < 1.29 is 4.39 Å². The van der Waals surface area contributed by atoms with Gasteiger partial charge in [-0.25, -0.2) is 9.37 Å². The van der Waals surface area contributed by atoms with Crippen LogP contribution >= 0.6 is 0 Å². The lowest BCUT2D eigenvalue weighted by molar-refractivity contribution is 0.628. The van der Waals surface area contributed by atoms with Crippen LogP contribution in [0.2, 0.25) is 0 Å². The van der Waals surface area contributed by atoms with Crippen molar-refractivity contribution in [2.24, 2.45) is 5.73 Å². The van der Waals surface area contributed by atoms with Crippen molar-refractivity contribution in [2.75, 3.05) is 0 Å². The number of aromatic nitrogens is 3. The number of benzene rings is 2. The highest BCUT2D eigenvalue weighted by Crippen LogP contribution is 2.20. The van der Waals surface area contributed by atoms with Crippen LogP contribution in [0.4, 0.5) is 4.39 Å². The molecule has 0 atom stereocenters. The predicted octanol–water partition coefficient (Wildman–Crippen LogP) is 2.74. The van der Waals surface area contributed by atoms with E-state index in [-0.39, 0.29) is 5.82 Å². The molecule has 0 fully saturated rings. The summed E-state index contributed by atoms with van der Waals surface area (Å²) in [6, 6.07) is 13.9. The molecule has 2 aromatic carbocycles. The van der Waals surface area contributed by atoms with Gasteiger partial charge in [-0.15, -0.1) is 0 Å². The average molecular weight is 268 g/mol. The second-order valence-electron chi connectivity index (χ2n) is 4.42. The van der Waals surface area contributed by atoms with E-state index in [0.717, 1.165) is 16.7 Å². The van der Waals surface area contributed by atoms with E-state index in [0.29, 0.717) is 18.2 Å². The van der Waals surface area contributed by atoms with Gasteiger partial charge < -0.3 is 5.73 Å². The summed E-state index contributed by atoms with van der Waals surface area (Å²) >= 11 is 0. The van der Waals surface area contributed by atoms with Crippen LogP contribution in [0.3, 0.4) is 0 Å². The van der Waals surface area contributed by atoms with E-state index in [2.05, 4.69) is 15.2 Å². The molecule has 0 aliphatic heterocycles.